The molecule has 1 aromatic rings. The fraction of sp³-hybridized carbons (Fsp3) is 0.633. The topological polar surface area (TPSA) is 26.3 Å². The maximum atomic E-state index is 12.6. The first kappa shape index (κ1) is 24.6. The van der Waals surface area contributed by atoms with E-state index in [2.05, 4.69) is 31.8 Å². The van der Waals surface area contributed by atoms with Crippen molar-refractivity contribution in [3.63, 3.8) is 0 Å². The molecule has 2 aliphatic rings. The molecule has 2 saturated carbocycles. The SMILES string of the molecule is CCCCCC1CCC(C(=O)Oc2ccc(C#C/C=C/C3CCC(CC)CC3)cc2)CC1. The van der Waals surface area contributed by atoms with Gasteiger partial charge in [0.25, 0.3) is 0 Å². The van der Waals surface area contributed by atoms with Crippen molar-refractivity contribution in [2.45, 2.75) is 97.3 Å². The minimum atomic E-state index is -0.0587. The number of carbonyl (C=O) groups excluding carboxylic acids is 1. The van der Waals surface area contributed by atoms with Gasteiger partial charge in [0.15, 0.2) is 0 Å². The number of rotatable bonds is 8. The number of carbonyl (C=O) groups is 1. The summed E-state index contributed by atoms with van der Waals surface area (Å²) in [6, 6.07) is 7.63. The highest BCUT2D eigenvalue weighted by Crippen LogP contribution is 2.33. The molecule has 0 atom stereocenters. The molecule has 1 aromatic carbocycles. The first-order valence-electron chi connectivity index (χ1n) is 13.2. The van der Waals surface area contributed by atoms with E-state index >= 15 is 0 Å². The van der Waals surface area contributed by atoms with Gasteiger partial charge in [-0.25, -0.2) is 0 Å². The Kier molecular flexibility index (Phi) is 10.4. The second kappa shape index (κ2) is 13.5. The Morgan fingerprint density at radius 1 is 0.938 bits per heavy atom. The highest BCUT2D eigenvalue weighted by Gasteiger charge is 2.27. The van der Waals surface area contributed by atoms with Crippen LogP contribution < -0.4 is 4.74 Å². The fourth-order valence-corrected chi connectivity index (χ4v) is 5.27. The van der Waals surface area contributed by atoms with E-state index in [1.165, 1.54) is 70.6 Å². The van der Waals surface area contributed by atoms with Crippen LogP contribution in [0.2, 0.25) is 0 Å². The summed E-state index contributed by atoms with van der Waals surface area (Å²) in [6.07, 6.45) is 20.5. The zero-order valence-corrected chi connectivity index (χ0v) is 20.3. The van der Waals surface area contributed by atoms with E-state index in [0.717, 1.165) is 30.2 Å². The minimum Gasteiger partial charge on any atom is -0.426 e. The standard InChI is InChI=1S/C30H42O2/c1-3-5-6-9-26-16-20-28(21-17-26)30(31)32-29-22-18-27(19-23-29)11-8-7-10-25-14-12-24(4-2)13-15-25/h7,10,18-19,22-26,28H,3-6,9,12-17,20-21H2,1-2H3/b10-7+. The molecule has 0 bridgehead atoms. The molecule has 0 saturated heterocycles. The molecule has 2 aliphatic carbocycles. The maximum absolute atomic E-state index is 12.6. The van der Waals surface area contributed by atoms with E-state index in [9.17, 15) is 4.79 Å². The number of benzene rings is 1. The highest BCUT2D eigenvalue weighted by molar-refractivity contribution is 5.75. The molecular weight excluding hydrogens is 392 g/mol. The average molecular weight is 435 g/mol. The maximum Gasteiger partial charge on any atom is 0.314 e. The highest BCUT2D eigenvalue weighted by atomic mass is 16.5. The molecule has 0 aromatic heterocycles. The first-order valence-corrected chi connectivity index (χ1v) is 13.2. The van der Waals surface area contributed by atoms with E-state index in [4.69, 9.17) is 4.74 Å². The Morgan fingerprint density at radius 3 is 2.28 bits per heavy atom. The van der Waals surface area contributed by atoms with Crippen molar-refractivity contribution in [3.05, 3.63) is 42.0 Å². The summed E-state index contributed by atoms with van der Waals surface area (Å²) >= 11 is 0. The molecule has 2 nitrogen and oxygen atoms in total. The molecule has 0 radical (unpaired) electrons. The van der Waals surface area contributed by atoms with Crippen LogP contribution in [0.5, 0.6) is 5.75 Å². The number of unbranched alkanes of at least 4 members (excludes halogenated alkanes) is 2. The molecular formula is C30H42O2. The monoisotopic (exact) mass is 434 g/mol. The molecule has 2 heteroatoms. The van der Waals surface area contributed by atoms with Crippen LogP contribution in [0, 0.1) is 35.5 Å². The van der Waals surface area contributed by atoms with Crippen LogP contribution >= 0.6 is 0 Å². The van der Waals surface area contributed by atoms with Crippen LogP contribution in [0.4, 0.5) is 0 Å². The number of hydrogen-bond acceptors (Lipinski definition) is 2. The number of allylic oxidation sites excluding steroid dienone is 2. The van der Waals surface area contributed by atoms with Gasteiger partial charge in [0.2, 0.25) is 0 Å². The minimum absolute atomic E-state index is 0.0587. The lowest BCUT2D eigenvalue weighted by Gasteiger charge is -2.27. The Morgan fingerprint density at radius 2 is 1.62 bits per heavy atom. The lowest BCUT2D eigenvalue weighted by atomic mass is 9.80. The van der Waals surface area contributed by atoms with E-state index in [-0.39, 0.29) is 11.9 Å². The van der Waals surface area contributed by atoms with E-state index in [1.807, 2.05) is 30.3 Å². The van der Waals surface area contributed by atoms with Gasteiger partial charge in [0.05, 0.1) is 5.92 Å². The van der Waals surface area contributed by atoms with Crippen LogP contribution in [0.15, 0.2) is 36.4 Å². The van der Waals surface area contributed by atoms with Crippen LogP contribution in [0.25, 0.3) is 0 Å². The first-order chi connectivity index (χ1) is 15.7. The van der Waals surface area contributed by atoms with Gasteiger partial charge in [-0.1, -0.05) is 63.9 Å². The van der Waals surface area contributed by atoms with E-state index in [0.29, 0.717) is 11.7 Å². The zero-order chi connectivity index (χ0) is 22.6. The molecule has 0 N–H and O–H groups in total. The smallest absolute Gasteiger partial charge is 0.314 e. The summed E-state index contributed by atoms with van der Waals surface area (Å²) in [5.41, 5.74) is 0.955. The third-order valence-electron chi connectivity index (χ3n) is 7.61. The van der Waals surface area contributed by atoms with Gasteiger partial charge in [-0.05, 0) is 99.5 Å². The Hall–Kier alpha value is -2.01. The van der Waals surface area contributed by atoms with Crippen LogP contribution in [-0.2, 0) is 4.79 Å². The molecule has 2 fully saturated rings. The summed E-state index contributed by atoms with van der Waals surface area (Å²) in [5, 5.41) is 0. The van der Waals surface area contributed by atoms with Gasteiger partial charge < -0.3 is 4.74 Å². The average Bonchev–Trinajstić information content (AvgIpc) is 2.84. The molecule has 0 spiro atoms. The Balaban J connectivity index is 1.39. The molecule has 0 unspecified atom stereocenters. The normalized spacial score (nSPS) is 25.8. The third-order valence-corrected chi connectivity index (χ3v) is 7.61. The third kappa shape index (κ3) is 8.16. The Bertz CT molecular complexity index is 763. The van der Waals surface area contributed by atoms with Crippen molar-refractivity contribution in [2.75, 3.05) is 0 Å². The molecule has 174 valence electrons. The summed E-state index contributed by atoms with van der Waals surface area (Å²) < 4.78 is 5.66. The van der Waals surface area contributed by atoms with Crippen molar-refractivity contribution >= 4 is 5.97 Å². The second-order valence-electron chi connectivity index (χ2n) is 9.98. The van der Waals surface area contributed by atoms with Gasteiger partial charge in [0.1, 0.15) is 5.75 Å². The van der Waals surface area contributed by atoms with Gasteiger partial charge in [0, 0.05) is 5.56 Å². The predicted octanol–water partition coefficient (Wildman–Crippen LogP) is 8.10. The lowest BCUT2D eigenvalue weighted by Crippen LogP contribution is -2.25. The molecule has 32 heavy (non-hydrogen) atoms. The Labute approximate surface area is 196 Å². The number of ether oxygens (including phenoxy) is 1. The van der Waals surface area contributed by atoms with E-state index < -0.39 is 0 Å². The van der Waals surface area contributed by atoms with Gasteiger partial charge in [-0.15, -0.1) is 0 Å². The lowest BCUT2D eigenvalue weighted by molar-refractivity contribution is -0.140. The van der Waals surface area contributed by atoms with Crippen LogP contribution in [0.3, 0.4) is 0 Å². The number of hydrogen-bond donors (Lipinski definition) is 0. The molecule has 0 amide bonds. The largest absolute Gasteiger partial charge is 0.426 e. The predicted molar refractivity (Wildman–Crippen MR) is 133 cm³/mol. The van der Waals surface area contributed by atoms with Crippen molar-refractivity contribution in [1.29, 1.82) is 0 Å². The van der Waals surface area contributed by atoms with Gasteiger partial charge in [-0.2, -0.15) is 0 Å². The van der Waals surface area contributed by atoms with Crippen molar-refractivity contribution in [3.8, 4) is 17.6 Å². The molecule has 0 aliphatic heterocycles. The van der Waals surface area contributed by atoms with Crippen molar-refractivity contribution in [1.82, 2.24) is 0 Å². The summed E-state index contributed by atoms with van der Waals surface area (Å²) in [4.78, 5) is 12.6. The molecule has 3 rings (SSSR count). The second-order valence-corrected chi connectivity index (χ2v) is 9.98. The van der Waals surface area contributed by atoms with Crippen LogP contribution in [-0.4, -0.2) is 5.97 Å². The van der Waals surface area contributed by atoms with Gasteiger partial charge >= 0.3 is 5.97 Å². The summed E-state index contributed by atoms with van der Waals surface area (Å²) in [6.45, 7) is 4.56. The summed E-state index contributed by atoms with van der Waals surface area (Å²) in [7, 11) is 0. The quantitative estimate of drug-likeness (QED) is 0.179. The van der Waals surface area contributed by atoms with E-state index in [1.54, 1.807) is 0 Å². The van der Waals surface area contributed by atoms with Crippen LogP contribution in [0.1, 0.15) is 103 Å². The van der Waals surface area contributed by atoms with Gasteiger partial charge in [-0.3, -0.25) is 4.79 Å². The zero-order valence-electron chi connectivity index (χ0n) is 20.3. The fourth-order valence-electron chi connectivity index (χ4n) is 5.27. The summed E-state index contributed by atoms with van der Waals surface area (Å²) in [5.74, 6) is 9.44. The number of esters is 1. The molecule has 0 heterocycles. The van der Waals surface area contributed by atoms with Crippen molar-refractivity contribution < 1.29 is 9.53 Å². The van der Waals surface area contributed by atoms with Crippen molar-refractivity contribution in [2.24, 2.45) is 23.7 Å².